The van der Waals surface area contributed by atoms with Crippen molar-refractivity contribution in [1.82, 2.24) is 0 Å². The van der Waals surface area contributed by atoms with Gasteiger partial charge in [-0.15, -0.1) is 0 Å². The van der Waals surface area contributed by atoms with Gasteiger partial charge in [-0.25, -0.2) is 4.79 Å². The molecular weight excluding hydrogens is 386 g/mol. The minimum absolute atomic E-state index is 0. The number of carboxylic acid groups (broad SMARTS) is 1. The molecule has 0 spiro atoms. The second-order valence-corrected chi connectivity index (χ2v) is 6.39. The van der Waals surface area contributed by atoms with E-state index in [2.05, 4.69) is 5.32 Å². The van der Waals surface area contributed by atoms with Crippen LogP contribution in [0.3, 0.4) is 0 Å². The van der Waals surface area contributed by atoms with E-state index in [1.807, 2.05) is 16.8 Å². The molecule has 4 nitrogen and oxygen atoms in total. The first-order valence-electron chi connectivity index (χ1n) is 7.64. The Bertz CT molecular complexity index is 987. The minimum atomic E-state index is -4.50. The summed E-state index contributed by atoms with van der Waals surface area (Å²) in [5.41, 5.74) is 0.598. The summed E-state index contributed by atoms with van der Waals surface area (Å²) in [5.74, 6) is -1.93. The van der Waals surface area contributed by atoms with Crippen molar-refractivity contribution in [3.8, 4) is 11.1 Å². The zero-order valence-electron chi connectivity index (χ0n) is 13.6. The number of amides is 1. The molecule has 3 rings (SSSR count). The molecule has 28 heavy (non-hydrogen) atoms. The summed E-state index contributed by atoms with van der Waals surface area (Å²) in [5, 5.41) is 15.6. The Labute approximate surface area is 174 Å². The maximum absolute atomic E-state index is 12.6. The van der Waals surface area contributed by atoms with Gasteiger partial charge in [0.2, 0.25) is 0 Å². The number of carbonyl (C=O) groups excluding carboxylic acids is 1. The Hall–Kier alpha value is -2.53. The van der Waals surface area contributed by atoms with E-state index in [1.54, 1.807) is 6.07 Å². The molecule has 0 aliphatic rings. The van der Waals surface area contributed by atoms with Crippen LogP contribution in [0.2, 0.25) is 0 Å². The second-order valence-electron chi connectivity index (χ2n) is 5.61. The summed E-state index contributed by atoms with van der Waals surface area (Å²) < 4.78 is 37.8. The number of alkyl halides is 3. The summed E-state index contributed by atoms with van der Waals surface area (Å²) in [7, 11) is 0. The third kappa shape index (κ3) is 4.84. The molecule has 0 unspecified atom stereocenters. The number of thiophene rings is 1. The van der Waals surface area contributed by atoms with Gasteiger partial charge >= 0.3 is 31.0 Å². The number of rotatable bonds is 4. The maximum atomic E-state index is 12.6. The third-order valence-electron chi connectivity index (χ3n) is 3.83. The molecule has 1 aromatic heterocycles. The van der Waals surface area contributed by atoms with Gasteiger partial charge in [-0.3, -0.25) is 4.79 Å². The van der Waals surface area contributed by atoms with Crippen molar-refractivity contribution < 1.29 is 27.9 Å². The Morgan fingerprint density at radius 3 is 2.18 bits per heavy atom. The summed E-state index contributed by atoms with van der Waals surface area (Å²) in [6.45, 7) is 0. The van der Waals surface area contributed by atoms with E-state index in [1.165, 1.54) is 23.5 Å². The second kappa shape index (κ2) is 8.65. The molecular formula is C19H13F3LiNO3S. The number of benzene rings is 2. The zero-order chi connectivity index (χ0) is 19.6. The number of nitrogens with one attached hydrogen (secondary N) is 1. The third-order valence-corrected chi connectivity index (χ3v) is 4.51. The predicted molar refractivity (Wildman–Crippen MR) is 103 cm³/mol. The van der Waals surface area contributed by atoms with Crippen molar-refractivity contribution in [3.05, 3.63) is 76.0 Å². The van der Waals surface area contributed by atoms with Crippen LogP contribution in [0, 0.1) is 0 Å². The van der Waals surface area contributed by atoms with Crippen molar-refractivity contribution in [1.29, 1.82) is 0 Å². The van der Waals surface area contributed by atoms with E-state index in [-0.39, 0.29) is 35.7 Å². The van der Waals surface area contributed by atoms with Crippen molar-refractivity contribution in [3.63, 3.8) is 0 Å². The number of anilines is 1. The number of aromatic carboxylic acids is 1. The predicted octanol–water partition coefficient (Wildman–Crippen LogP) is 4.74. The molecule has 2 N–H and O–H groups in total. The van der Waals surface area contributed by atoms with E-state index in [0.717, 1.165) is 29.8 Å². The number of hydrogen-bond acceptors (Lipinski definition) is 3. The Morgan fingerprint density at radius 2 is 1.64 bits per heavy atom. The van der Waals surface area contributed by atoms with Crippen LogP contribution in [-0.2, 0) is 6.18 Å². The molecule has 140 valence electrons. The Morgan fingerprint density at radius 1 is 0.964 bits per heavy atom. The normalized spacial score (nSPS) is 10.8. The summed E-state index contributed by atoms with van der Waals surface area (Å²) >= 11 is 1.47. The molecule has 0 bridgehead atoms. The molecule has 1 heterocycles. The quantitative estimate of drug-likeness (QED) is 0.623. The first-order chi connectivity index (χ1) is 12.8. The van der Waals surface area contributed by atoms with Gasteiger partial charge in [-0.05, 0) is 64.4 Å². The molecule has 9 heteroatoms. The van der Waals surface area contributed by atoms with Crippen LogP contribution in [0.15, 0.2) is 59.3 Å². The topological polar surface area (TPSA) is 66.4 Å². The van der Waals surface area contributed by atoms with Gasteiger partial charge in [0.05, 0.1) is 16.8 Å². The van der Waals surface area contributed by atoms with Crippen molar-refractivity contribution in [2.24, 2.45) is 0 Å². The monoisotopic (exact) mass is 399 g/mol. The van der Waals surface area contributed by atoms with Gasteiger partial charge in [0.15, 0.2) is 0 Å². The molecule has 0 saturated heterocycles. The molecule has 0 fully saturated rings. The van der Waals surface area contributed by atoms with E-state index in [4.69, 9.17) is 0 Å². The zero-order valence-corrected chi connectivity index (χ0v) is 14.4. The Balaban J connectivity index is 0.00000280. The van der Waals surface area contributed by atoms with Crippen LogP contribution < -0.4 is 5.32 Å². The van der Waals surface area contributed by atoms with Gasteiger partial charge in [0, 0.05) is 5.56 Å². The van der Waals surface area contributed by atoms with Crippen LogP contribution in [0.25, 0.3) is 11.1 Å². The van der Waals surface area contributed by atoms with Gasteiger partial charge < -0.3 is 10.4 Å². The summed E-state index contributed by atoms with van der Waals surface area (Å²) in [6, 6.07) is 10.1. The van der Waals surface area contributed by atoms with Crippen LogP contribution >= 0.6 is 11.3 Å². The van der Waals surface area contributed by atoms with Crippen LogP contribution in [0.4, 0.5) is 18.9 Å². The van der Waals surface area contributed by atoms with E-state index in [9.17, 15) is 27.9 Å². The SMILES string of the molecule is O=C(Nc1ccc(-c2ccsc2)cc1C(=O)O)c1ccc(C(F)(F)F)cc1.[LiH]. The molecule has 3 aromatic rings. The molecule has 0 aliphatic carbocycles. The average Bonchev–Trinajstić information content (AvgIpc) is 3.16. The fourth-order valence-corrected chi connectivity index (χ4v) is 3.11. The molecule has 0 atom stereocenters. The van der Waals surface area contributed by atoms with E-state index >= 15 is 0 Å². The fourth-order valence-electron chi connectivity index (χ4n) is 2.44. The average molecular weight is 399 g/mol. The Kier molecular flexibility index (Phi) is 6.72. The molecule has 0 saturated carbocycles. The van der Waals surface area contributed by atoms with Gasteiger partial charge in [-0.1, -0.05) is 6.07 Å². The molecule has 0 radical (unpaired) electrons. The van der Waals surface area contributed by atoms with Crippen LogP contribution in [0.5, 0.6) is 0 Å². The first-order valence-corrected chi connectivity index (χ1v) is 8.58. The summed E-state index contributed by atoms with van der Waals surface area (Å²) in [4.78, 5) is 23.8. The number of carbonyl (C=O) groups is 2. The van der Waals surface area contributed by atoms with Crippen LogP contribution in [0.1, 0.15) is 26.3 Å². The van der Waals surface area contributed by atoms with Crippen molar-refractivity contribution in [2.75, 3.05) is 5.32 Å². The van der Waals surface area contributed by atoms with Crippen molar-refractivity contribution in [2.45, 2.75) is 6.18 Å². The standard InChI is InChI=1S/C19H12F3NO3S.Li.H/c20-19(21,22)14-4-1-11(2-5-14)17(24)23-16-6-3-12(9-15(16)18(25)26)13-7-8-27-10-13;;/h1-10H,(H,23,24)(H,25,26);;. The molecule has 1 amide bonds. The van der Waals surface area contributed by atoms with Crippen LogP contribution in [-0.4, -0.2) is 35.8 Å². The fraction of sp³-hybridized carbons (Fsp3) is 0.0526. The van der Waals surface area contributed by atoms with E-state index < -0.39 is 23.6 Å². The van der Waals surface area contributed by atoms with Gasteiger partial charge in [-0.2, -0.15) is 24.5 Å². The summed E-state index contributed by atoms with van der Waals surface area (Å²) in [6.07, 6.45) is -4.50. The first kappa shape index (κ1) is 21.8. The molecule has 2 aromatic carbocycles. The number of carboxylic acids is 1. The molecule has 0 aliphatic heterocycles. The number of halogens is 3. The van der Waals surface area contributed by atoms with Crippen molar-refractivity contribution >= 4 is 47.8 Å². The number of hydrogen-bond donors (Lipinski definition) is 2. The van der Waals surface area contributed by atoms with Gasteiger partial charge in [0.1, 0.15) is 0 Å². The van der Waals surface area contributed by atoms with Gasteiger partial charge in [0.25, 0.3) is 5.91 Å². The van der Waals surface area contributed by atoms with E-state index in [0.29, 0.717) is 5.56 Å².